The average Bonchev–Trinajstić information content (AvgIpc) is 2.74. The first-order valence-corrected chi connectivity index (χ1v) is 7.21. The van der Waals surface area contributed by atoms with E-state index in [9.17, 15) is 4.79 Å². The highest BCUT2D eigenvalue weighted by Crippen LogP contribution is 2.37. The Kier molecular flexibility index (Phi) is 3.50. The van der Waals surface area contributed by atoms with Crippen LogP contribution in [-0.4, -0.2) is 26.2 Å². The number of halogens is 1. The fourth-order valence-electron chi connectivity index (χ4n) is 2.93. The molecule has 4 heteroatoms. The molecule has 3 nitrogen and oxygen atoms in total. The van der Waals surface area contributed by atoms with E-state index in [4.69, 9.17) is 16.3 Å². The fourth-order valence-corrected chi connectivity index (χ4v) is 3.26. The molecule has 1 aromatic rings. The first-order chi connectivity index (χ1) is 9.16. The van der Waals surface area contributed by atoms with Crippen LogP contribution in [-0.2, 0) is 16.0 Å². The number of benzene rings is 1. The van der Waals surface area contributed by atoms with Crippen LogP contribution in [0.5, 0.6) is 0 Å². The van der Waals surface area contributed by atoms with Crippen molar-refractivity contribution in [2.45, 2.75) is 24.6 Å². The zero-order valence-electron chi connectivity index (χ0n) is 11.1. The van der Waals surface area contributed by atoms with Crippen LogP contribution in [0, 0.1) is 5.92 Å². The molecule has 1 aromatic carbocycles. The van der Waals surface area contributed by atoms with Crippen LogP contribution in [0.1, 0.15) is 29.3 Å². The van der Waals surface area contributed by atoms with Crippen LogP contribution in [0.15, 0.2) is 18.2 Å². The van der Waals surface area contributed by atoms with E-state index in [1.807, 2.05) is 19.2 Å². The van der Waals surface area contributed by atoms with Gasteiger partial charge in [0.1, 0.15) is 0 Å². The summed E-state index contributed by atoms with van der Waals surface area (Å²) in [5.41, 5.74) is 3.21. The third-order valence-corrected chi connectivity index (χ3v) is 4.72. The molecule has 0 radical (unpaired) electrons. The Bertz CT molecular complexity index is 497. The smallest absolute Gasteiger partial charge is 0.231 e. The van der Waals surface area contributed by atoms with Crippen LogP contribution in [0.3, 0.4) is 0 Å². The first-order valence-electron chi connectivity index (χ1n) is 6.78. The van der Waals surface area contributed by atoms with Gasteiger partial charge in [-0.2, -0.15) is 0 Å². The molecule has 19 heavy (non-hydrogen) atoms. The Morgan fingerprint density at radius 1 is 1.47 bits per heavy atom. The molecule has 102 valence electrons. The number of fused-ring (bicyclic) bond motifs is 1. The van der Waals surface area contributed by atoms with Crippen molar-refractivity contribution in [3.63, 3.8) is 0 Å². The van der Waals surface area contributed by atoms with Crippen LogP contribution >= 0.6 is 11.6 Å². The van der Waals surface area contributed by atoms with Crippen molar-refractivity contribution in [1.29, 1.82) is 0 Å². The summed E-state index contributed by atoms with van der Waals surface area (Å²) in [5, 5.41) is -0.0217. The molecule has 1 saturated heterocycles. The summed E-state index contributed by atoms with van der Waals surface area (Å²) in [6.07, 6.45) is 2.69. The summed E-state index contributed by atoms with van der Waals surface area (Å²) in [6, 6.07) is 6.14. The topological polar surface area (TPSA) is 29.5 Å². The monoisotopic (exact) mass is 279 g/mol. The number of rotatable bonds is 2. The van der Waals surface area contributed by atoms with Gasteiger partial charge in [0.05, 0.1) is 18.4 Å². The highest BCUT2D eigenvalue weighted by Gasteiger charge is 2.28. The van der Waals surface area contributed by atoms with E-state index in [0.29, 0.717) is 12.3 Å². The Labute approximate surface area is 118 Å². The molecule has 1 amide bonds. The predicted molar refractivity (Wildman–Crippen MR) is 75.7 cm³/mol. The molecule has 0 saturated carbocycles. The van der Waals surface area contributed by atoms with Crippen LogP contribution in [0.4, 0.5) is 5.69 Å². The normalized spacial score (nSPS) is 24.4. The zero-order chi connectivity index (χ0) is 13.4. The molecule has 0 N–H and O–H groups in total. The van der Waals surface area contributed by atoms with Crippen molar-refractivity contribution in [1.82, 2.24) is 0 Å². The third-order valence-electron chi connectivity index (χ3n) is 4.11. The quantitative estimate of drug-likeness (QED) is 0.779. The van der Waals surface area contributed by atoms with E-state index in [1.54, 1.807) is 4.90 Å². The molecule has 2 heterocycles. The van der Waals surface area contributed by atoms with E-state index < -0.39 is 0 Å². The van der Waals surface area contributed by atoms with E-state index in [-0.39, 0.29) is 11.3 Å². The van der Waals surface area contributed by atoms with E-state index in [0.717, 1.165) is 42.9 Å². The van der Waals surface area contributed by atoms with Gasteiger partial charge in [-0.3, -0.25) is 4.79 Å². The molecular formula is C15H18ClNO2. The van der Waals surface area contributed by atoms with Gasteiger partial charge in [0, 0.05) is 25.3 Å². The lowest BCUT2D eigenvalue weighted by Gasteiger charge is -2.26. The molecule has 0 spiro atoms. The Morgan fingerprint density at radius 2 is 2.32 bits per heavy atom. The number of nitrogens with zero attached hydrogens (tertiary/aromatic N) is 1. The number of hydrogen-bond acceptors (Lipinski definition) is 2. The maximum atomic E-state index is 11.7. The highest BCUT2D eigenvalue weighted by atomic mass is 35.5. The molecule has 0 aromatic heterocycles. The number of hydrogen-bond donors (Lipinski definition) is 0. The minimum absolute atomic E-state index is 0.0217. The Balaban J connectivity index is 1.82. The molecule has 0 bridgehead atoms. The van der Waals surface area contributed by atoms with Crippen molar-refractivity contribution in [3.8, 4) is 0 Å². The standard InChI is InChI=1S/C15H18ClNO2/c1-17-13-5-4-10(7-12(13)8-14(17)18)15(16)11-3-2-6-19-9-11/h4-5,7,11,15H,2-3,6,8-9H2,1H3. The van der Waals surface area contributed by atoms with Crippen LogP contribution in [0.2, 0.25) is 0 Å². The molecular weight excluding hydrogens is 262 g/mol. The van der Waals surface area contributed by atoms with Crippen molar-refractivity contribution < 1.29 is 9.53 Å². The lowest BCUT2D eigenvalue weighted by molar-refractivity contribution is -0.117. The number of alkyl halides is 1. The van der Waals surface area contributed by atoms with Gasteiger partial charge in [0.25, 0.3) is 0 Å². The average molecular weight is 280 g/mol. The van der Waals surface area contributed by atoms with Crippen LogP contribution < -0.4 is 4.90 Å². The lowest BCUT2D eigenvalue weighted by Crippen LogP contribution is -2.21. The summed E-state index contributed by atoms with van der Waals surface area (Å²) in [7, 11) is 1.82. The van der Waals surface area contributed by atoms with Gasteiger partial charge in [-0.05, 0) is 30.0 Å². The second-order valence-electron chi connectivity index (χ2n) is 5.40. The zero-order valence-corrected chi connectivity index (χ0v) is 11.8. The molecule has 2 atom stereocenters. The van der Waals surface area contributed by atoms with Crippen molar-refractivity contribution >= 4 is 23.2 Å². The maximum Gasteiger partial charge on any atom is 0.231 e. The Hall–Kier alpha value is -1.06. The van der Waals surface area contributed by atoms with E-state index in [1.165, 1.54) is 0 Å². The van der Waals surface area contributed by atoms with Gasteiger partial charge in [-0.25, -0.2) is 0 Å². The van der Waals surface area contributed by atoms with Gasteiger partial charge >= 0.3 is 0 Å². The lowest BCUT2D eigenvalue weighted by atomic mass is 9.92. The number of amides is 1. The number of carbonyl (C=O) groups is 1. The van der Waals surface area contributed by atoms with Gasteiger partial charge in [0.2, 0.25) is 5.91 Å². The summed E-state index contributed by atoms with van der Waals surface area (Å²) in [4.78, 5) is 13.4. The fraction of sp³-hybridized carbons (Fsp3) is 0.533. The summed E-state index contributed by atoms with van der Waals surface area (Å²) in [5.74, 6) is 0.530. The molecule has 3 rings (SSSR count). The third kappa shape index (κ3) is 2.37. The largest absolute Gasteiger partial charge is 0.381 e. The minimum Gasteiger partial charge on any atom is -0.381 e. The highest BCUT2D eigenvalue weighted by molar-refractivity contribution is 6.21. The summed E-state index contributed by atoms with van der Waals surface area (Å²) in [6.45, 7) is 1.59. The number of anilines is 1. The van der Waals surface area contributed by atoms with Crippen molar-refractivity contribution in [3.05, 3.63) is 29.3 Å². The van der Waals surface area contributed by atoms with Crippen molar-refractivity contribution in [2.75, 3.05) is 25.2 Å². The number of likely N-dealkylation sites (N-methyl/N-ethyl adjacent to an activating group) is 1. The summed E-state index contributed by atoms with van der Waals surface area (Å²) < 4.78 is 5.50. The number of carbonyl (C=O) groups excluding carboxylic acids is 1. The first kappa shape index (κ1) is 12.9. The van der Waals surface area contributed by atoms with Crippen LogP contribution in [0.25, 0.3) is 0 Å². The second-order valence-corrected chi connectivity index (χ2v) is 5.87. The number of ether oxygens (including phenoxy) is 1. The summed E-state index contributed by atoms with van der Waals surface area (Å²) >= 11 is 6.58. The molecule has 0 aliphatic carbocycles. The minimum atomic E-state index is -0.0217. The van der Waals surface area contributed by atoms with Gasteiger partial charge in [-0.15, -0.1) is 11.6 Å². The van der Waals surface area contributed by atoms with Gasteiger partial charge in [-0.1, -0.05) is 12.1 Å². The van der Waals surface area contributed by atoms with Crippen molar-refractivity contribution in [2.24, 2.45) is 5.92 Å². The maximum absolute atomic E-state index is 11.7. The van der Waals surface area contributed by atoms with E-state index >= 15 is 0 Å². The molecule has 2 aliphatic rings. The molecule has 2 aliphatic heterocycles. The van der Waals surface area contributed by atoms with Gasteiger partial charge < -0.3 is 9.64 Å². The Morgan fingerprint density at radius 3 is 3.05 bits per heavy atom. The SMILES string of the molecule is CN1C(=O)Cc2cc(C(Cl)C3CCCOC3)ccc21. The van der Waals surface area contributed by atoms with E-state index in [2.05, 4.69) is 6.07 Å². The predicted octanol–water partition coefficient (Wildman–Crippen LogP) is 2.91. The van der Waals surface area contributed by atoms with Gasteiger partial charge in [0.15, 0.2) is 0 Å². The molecule has 1 fully saturated rings. The molecule has 2 unspecified atom stereocenters. The second kappa shape index (κ2) is 5.14.